The van der Waals surface area contributed by atoms with E-state index in [-0.39, 0.29) is 0 Å². The van der Waals surface area contributed by atoms with Gasteiger partial charge in [0.2, 0.25) is 0 Å². The van der Waals surface area contributed by atoms with Gasteiger partial charge in [-0.2, -0.15) is 0 Å². The smallest absolute Gasteiger partial charge is 0.00697 e. The van der Waals surface area contributed by atoms with Crippen LogP contribution in [0.3, 0.4) is 0 Å². The van der Waals surface area contributed by atoms with E-state index in [0.29, 0.717) is 0 Å². The molecule has 0 radical (unpaired) electrons. The Kier molecular flexibility index (Phi) is 5.11. The highest BCUT2D eigenvalue weighted by Gasteiger charge is 2.29. The molecule has 1 aliphatic rings. The minimum atomic E-state index is 0.810. The first-order valence-electron chi connectivity index (χ1n) is 6.78. The molecule has 0 bridgehead atoms. The first kappa shape index (κ1) is 13.0. The number of hydrogen-bond donors (Lipinski definition) is 0. The molecule has 1 nitrogen and oxygen atoms in total. The molecule has 0 aliphatic carbocycles. The largest absolute Gasteiger partial charge is 0.300 e. The van der Waals surface area contributed by atoms with Crippen molar-refractivity contribution in [2.45, 2.75) is 59.9 Å². The Morgan fingerprint density at radius 3 is 2.47 bits per heavy atom. The molecule has 0 aromatic rings. The van der Waals surface area contributed by atoms with Crippen LogP contribution < -0.4 is 0 Å². The Morgan fingerprint density at radius 1 is 1.27 bits per heavy atom. The minimum absolute atomic E-state index is 0.810. The predicted octanol–water partition coefficient (Wildman–Crippen LogP) is 3.79. The quantitative estimate of drug-likeness (QED) is 0.684. The molecule has 3 atom stereocenters. The third-order valence-electron chi connectivity index (χ3n) is 4.11. The van der Waals surface area contributed by atoms with E-state index in [2.05, 4.69) is 39.5 Å². The molecule has 0 aromatic heterocycles. The fraction of sp³-hybridized carbons (Fsp3) is 1.00. The van der Waals surface area contributed by atoms with Gasteiger partial charge in [-0.1, -0.05) is 34.1 Å². The monoisotopic (exact) mass is 211 g/mol. The summed E-state index contributed by atoms with van der Waals surface area (Å²) in [6.07, 6.45) is 4.13. The standard InChI is InChI=1S/C14H29N/c1-6-14-9-13(5)15(10-12(14)4)8-7-11(2)3/h11-14H,6-10H2,1-5H3/t12-,13+,14?/m0/s1. The molecule has 1 heterocycles. The SMILES string of the molecule is CCC1C[C@@H](C)N(CCC(C)C)C[C@@H]1C. The van der Waals surface area contributed by atoms with E-state index >= 15 is 0 Å². The van der Waals surface area contributed by atoms with Gasteiger partial charge in [-0.05, 0) is 44.1 Å². The lowest BCUT2D eigenvalue weighted by molar-refractivity contribution is 0.0728. The molecule has 1 fully saturated rings. The zero-order chi connectivity index (χ0) is 11.4. The summed E-state index contributed by atoms with van der Waals surface area (Å²) in [7, 11) is 0. The van der Waals surface area contributed by atoms with Gasteiger partial charge in [0.15, 0.2) is 0 Å². The molecule has 0 spiro atoms. The van der Waals surface area contributed by atoms with Gasteiger partial charge in [0.1, 0.15) is 0 Å². The number of rotatable bonds is 4. The fourth-order valence-electron chi connectivity index (χ4n) is 2.82. The molecular weight excluding hydrogens is 182 g/mol. The maximum Gasteiger partial charge on any atom is 0.00697 e. The van der Waals surface area contributed by atoms with Crippen LogP contribution in [-0.4, -0.2) is 24.0 Å². The second-order valence-corrected chi connectivity index (χ2v) is 5.91. The van der Waals surface area contributed by atoms with Crippen LogP contribution >= 0.6 is 0 Å². The summed E-state index contributed by atoms with van der Waals surface area (Å²) in [5.74, 6) is 2.71. The summed E-state index contributed by atoms with van der Waals surface area (Å²) in [5.41, 5.74) is 0. The molecule has 1 heteroatoms. The van der Waals surface area contributed by atoms with E-state index in [9.17, 15) is 0 Å². The summed E-state index contributed by atoms with van der Waals surface area (Å²) >= 11 is 0. The van der Waals surface area contributed by atoms with Gasteiger partial charge in [-0.25, -0.2) is 0 Å². The van der Waals surface area contributed by atoms with E-state index in [0.717, 1.165) is 23.8 Å². The Labute approximate surface area is 96.2 Å². The van der Waals surface area contributed by atoms with Crippen molar-refractivity contribution in [2.75, 3.05) is 13.1 Å². The third-order valence-corrected chi connectivity index (χ3v) is 4.11. The Bertz CT molecular complexity index is 176. The number of nitrogens with zero attached hydrogens (tertiary/aromatic N) is 1. The van der Waals surface area contributed by atoms with Crippen LogP contribution in [-0.2, 0) is 0 Å². The maximum atomic E-state index is 2.71. The average molecular weight is 211 g/mol. The van der Waals surface area contributed by atoms with Crippen molar-refractivity contribution in [3.63, 3.8) is 0 Å². The lowest BCUT2D eigenvalue weighted by Gasteiger charge is -2.41. The molecule has 1 unspecified atom stereocenters. The summed E-state index contributed by atoms with van der Waals surface area (Å²) < 4.78 is 0. The molecule has 1 aliphatic heterocycles. The zero-order valence-electron chi connectivity index (χ0n) is 11.3. The normalized spacial score (nSPS) is 33.6. The van der Waals surface area contributed by atoms with Gasteiger partial charge in [-0.15, -0.1) is 0 Å². The van der Waals surface area contributed by atoms with Crippen LogP contribution in [0.4, 0.5) is 0 Å². The van der Waals surface area contributed by atoms with Crippen LogP contribution in [0.2, 0.25) is 0 Å². The Hall–Kier alpha value is -0.0400. The second kappa shape index (κ2) is 5.89. The number of piperidine rings is 1. The summed E-state index contributed by atoms with van der Waals surface area (Å²) in [6.45, 7) is 14.5. The zero-order valence-corrected chi connectivity index (χ0v) is 11.3. The van der Waals surface area contributed by atoms with E-state index in [1.165, 1.54) is 32.4 Å². The summed E-state index contributed by atoms with van der Waals surface area (Å²) in [5, 5.41) is 0. The Morgan fingerprint density at radius 2 is 1.93 bits per heavy atom. The summed E-state index contributed by atoms with van der Waals surface area (Å²) in [6, 6.07) is 0.810. The van der Waals surface area contributed by atoms with Crippen LogP contribution in [0, 0.1) is 17.8 Å². The first-order chi connectivity index (χ1) is 7.04. The van der Waals surface area contributed by atoms with Gasteiger partial charge in [0, 0.05) is 12.6 Å². The molecule has 1 saturated heterocycles. The molecule has 0 aromatic carbocycles. The first-order valence-corrected chi connectivity index (χ1v) is 6.78. The van der Waals surface area contributed by atoms with Crippen LogP contribution in [0.15, 0.2) is 0 Å². The molecule has 0 N–H and O–H groups in total. The minimum Gasteiger partial charge on any atom is -0.300 e. The lowest BCUT2D eigenvalue weighted by atomic mass is 9.81. The maximum absolute atomic E-state index is 2.71. The molecule has 15 heavy (non-hydrogen) atoms. The number of likely N-dealkylation sites (tertiary alicyclic amines) is 1. The van der Waals surface area contributed by atoms with Crippen LogP contribution in [0.25, 0.3) is 0 Å². The van der Waals surface area contributed by atoms with Gasteiger partial charge >= 0.3 is 0 Å². The molecular formula is C14H29N. The lowest BCUT2D eigenvalue weighted by Crippen LogP contribution is -2.45. The number of hydrogen-bond acceptors (Lipinski definition) is 1. The highest BCUT2D eigenvalue weighted by molar-refractivity contribution is 4.82. The van der Waals surface area contributed by atoms with Crippen LogP contribution in [0.1, 0.15) is 53.9 Å². The second-order valence-electron chi connectivity index (χ2n) is 5.91. The van der Waals surface area contributed by atoms with Gasteiger partial charge < -0.3 is 4.90 Å². The van der Waals surface area contributed by atoms with E-state index in [1.807, 2.05) is 0 Å². The van der Waals surface area contributed by atoms with Crippen molar-refractivity contribution in [1.82, 2.24) is 4.90 Å². The van der Waals surface area contributed by atoms with E-state index in [4.69, 9.17) is 0 Å². The fourth-order valence-corrected chi connectivity index (χ4v) is 2.82. The Balaban J connectivity index is 2.40. The molecule has 0 amide bonds. The van der Waals surface area contributed by atoms with Crippen molar-refractivity contribution >= 4 is 0 Å². The van der Waals surface area contributed by atoms with Gasteiger partial charge in [0.25, 0.3) is 0 Å². The van der Waals surface area contributed by atoms with Crippen LogP contribution in [0.5, 0.6) is 0 Å². The van der Waals surface area contributed by atoms with Crippen molar-refractivity contribution in [2.24, 2.45) is 17.8 Å². The average Bonchev–Trinajstić information content (AvgIpc) is 2.18. The summed E-state index contributed by atoms with van der Waals surface area (Å²) in [4.78, 5) is 2.71. The highest BCUT2D eigenvalue weighted by Crippen LogP contribution is 2.30. The predicted molar refractivity (Wildman–Crippen MR) is 68.1 cm³/mol. The molecule has 0 saturated carbocycles. The van der Waals surface area contributed by atoms with Gasteiger partial charge in [-0.3, -0.25) is 0 Å². The third kappa shape index (κ3) is 3.79. The van der Waals surface area contributed by atoms with Gasteiger partial charge in [0.05, 0.1) is 0 Å². The van der Waals surface area contributed by atoms with E-state index < -0.39 is 0 Å². The topological polar surface area (TPSA) is 3.24 Å². The molecule has 90 valence electrons. The van der Waals surface area contributed by atoms with Crippen molar-refractivity contribution in [3.05, 3.63) is 0 Å². The van der Waals surface area contributed by atoms with E-state index in [1.54, 1.807) is 0 Å². The molecule has 1 rings (SSSR count). The van der Waals surface area contributed by atoms with Crippen molar-refractivity contribution in [1.29, 1.82) is 0 Å². The van der Waals surface area contributed by atoms with Crippen molar-refractivity contribution in [3.8, 4) is 0 Å². The van der Waals surface area contributed by atoms with Crippen molar-refractivity contribution < 1.29 is 0 Å². The highest BCUT2D eigenvalue weighted by atomic mass is 15.2.